The average molecular weight is 1010 g/mol. The fraction of sp³-hybridized carbons (Fsp3) is 0.0392. The van der Waals surface area contributed by atoms with E-state index < -0.39 is 23.8 Å². The first kappa shape index (κ1) is 44.6. The Hall–Kier alpha value is -4.48. The van der Waals surface area contributed by atoms with Gasteiger partial charge in [0.2, 0.25) is 0 Å². The predicted molar refractivity (Wildman–Crippen MR) is 261 cm³/mol. The number of rotatable bonds is 8. The van der Waals surface area contributed by atoms with E-state index in [-0.39, 0.29) is 0 Å². The topological polar surface area (TPSA) is 40.5 Å². The number of phenols is 2. The van der Waals surface area contributed by atoms with Gasteiger partial charge in [-0.2, -0.15) is 0 Å². The molecule has 2 N–H and O–H groups in total. The molecular weight excluding hydrogens is 955 g/mol. The van der Waals surface area contributed by atoms with Gasteiger partial charge in [-0.05, 0) is 97.1 Å². The molecule has 0 aliphatic carbocycles. The van der Waals surface area contributed by atoms with E-state index in [4.69, 9.17) is 0 Å². The molecule has 0 bridgehead atoms. The fourth-order valence-electron chi connectivity index (χ4n) is 6.29. The molecule has 2 nitrogen and oxygen atoms in total. The van der Waals surface area contributed by atoms with Crippen LogP contribution >= 0.6 is 33.0 Å². The van der Waals surface area contributed by atoms with Crippen LogP contribution in [0.25, 0.3) is 0 Å². The molecule has 0 aliphatic heterocycles. The molecule has 0 heterocycles. The normalized spacial score (nSPS) is 10.2. The van der Waals surface area contributed by atoms with Crippen molar-refractivity contribution in [3.8, 4) is 15.8 Å². The Morgan fingerprint density at radius 2 is 0.586 bits per heavy atom. The maximum atomic E-state index is 10.2. The van der Waals surface area contributed by atoms with E-state index in [0.717, 1.165) is 16.8 Å². The van der Waals surface area contributed by atoms with E-state index in [0.29, 0.717) is 11.5 Å². The van der Waals surface area contributed by atoms with Gasteiger partial charge >= 0.3 is 38.2 Å². The maximum absolute atomic E-state index is 10.2. The molecule has 8 rings (SSSR count). The molecule has 0 radical (unpaired) electrons. The molecule has 8 aromatic carbocycles. The zero-order chi connectivity index (χ0) is 40.8. The monoisotopic (exact) mass is 1010 g/mol. The average Bonchev–Trinajstić information content (AvgIpc) is 3.30. The van der Waals surface area contributed by atoms with Crippen LogP contribution in [-0.2, 0) is 18.5 Å². The van der Waals surface area contributed by atoms with E-state index in [1.54, 1.807) is 30.7 Å². The third-order valence-electron chi connectivity index (χ3n) is 9.09. The Labute approximate surface area is 361 Å². The number of hydrogen-bond donors (Lipinski definition) is 2. The molecule has 0 aromatic heterocycles. The summed E-state index contributed by atoms with van der Waals surface area (Å²) in [6.45, 7) is 2.34. The molecule has 0 amide bonds. The quantitative estimate of drug-likeness (QED) is 0.150. The van der Waals surface area contributed by atoms with Gasteiger partial charge in [-0.15, -0.1) is 0 Å². The van der Waals surface area contributed by atoms with Gasteiger partial charge in [0.15, 0.2) is 11.5 Å². The first-order chi connectivity index (χ1) is 28.5. The van der Waals surface area contributed by atoms with Crippen LogP contribution in [0.4, 0.5) is 0 Å². The number of benzene rings is 8. The second-order valence-corrected chi connectivity index (χ2v) is 21.6. The minimum atomic E-state index is -1.16. The Kier molecular flexibility index (Phi) is 19.3. The zero-order valence-corrected chi connectivity index (χ0v) is 39.4. The van der Waals surface area contributed by atoms with Crippen molar-refractivity contribution in [2.24, 2.45) is 0 Å². The van der Waals surface area contributed by atoms with Crippen LogP contribution in [0, 0.1) is 4.29 Å². The number of aromatic hydroxyl groups is 2. The van der Waals surface area contributed by atoms with Gasteiger partial charge in [-0.1, -0.05) is 133 Å². The molecule has 1 unspecified atom stereocenters. The molecule has 0 fully saturated rings. The molecule has 7 heteroatoms. The summed E-state index contributed by atoms with van der Waals surface area (Å²) in [6, 6.07) is 78.6. The third kappa shape index (κ3) is 13.5. The molecule has 290 valence electrons. The van der Waals surface area contributed by atoms with Crippen LogP contribution in [0.1, 0.15) is 0 Å². The van der Waals surface area contributed by atoms with Crippen molar-refractivity contribution in [1.29, 1.82) is 0 Å². The zero-order valence-electron chi connectivity index (χ0n) is 32.5. The summed E-state index contributed by atoms with van der Waals surface area (Å²) in [4.78, 5) is 0. The molecule has 0 saturated carbocycles. The number of hydrogen-bond acceptors (Lipinski definition) is 2. The number of phenolic OH excluding ortho intramolecular Hbond substituents is 2. The molecule has 1 atom stereocenters. The molecular formula is C51H50O2P4Re+3. The van der Waals surface area contributed by atoms with Crippen molar-refractivity contribution < 1.29 is 28.8 Å². The molecule has 0 saturated heterocycles. The van der Waals surface area contributed by atoms with E-state index in [1.165, 1.54) is 31.8 Å². The number of para-hydroxylation sites is 2. The summed E-state index contributed by atoms with van der Waals surface area (Å²) in [7, 11) is -0.302. The Bertz CT molecular complexity index is 2140. The standard InChI is InChI=1S/2C18H15OP.C13H13P.C2H4P.Re/c2*19-17-13-7-8-14-18(17)20(15-9-3-1-4-10-15)16-11-5-2-6-12-16;1-14(12-8-4-2-5-9-12)13-10-6-3-7-11-13;1-2-3;/h2*1-14,19H;2-11H,1H3;2-3H2;/p+3. The molecule has 0 aliphatic rings. The van der Waals surface area contributed by atoms with Crippen LogP contribution in [0.2, 0.25) is 0 Å². The summed E-state index contributed by atoms with van der Waals surface area (Å²) in [5.74, 6) is 0.767. The first-order valence-corrected chi connectivity index (χ1v) is 26.2. The Morgan fingerprint density at radius 1 is 0.379 bits per heavy atom. The van der Waals surface area contributed by atoms with E-state index in [2.05, 4.69) is 178 Å². The van der Waals surface area contributed by atoms with Crippen LogP contribution in [0.5, 0.6) is 11.5 Å². The van der Waals surface area contributed by atoms with Crippen molar-refractivity contribution >= 4 is 75.4 Å². The SMILES string of the molecule is C[PH+](c1ccccc1)c1ccccc1.Oc1ccccc1[PH+](c1ccccc1)c1ccccc1.Oc1ccccc1[PH+](c1ccccc1)c1ccccc1.PC[C]#[Re]. The van der Waals surface area contributed by atoms with E-state index >= 15 is 0 Å². The van der Waals surface area contributed by atoms with Gasteiger partial charge in [-0.25, -0.2) is 0 Å². The van der Waals surface area contributed by atoms with Crippen molar-refractivity contribution in [1.82, 2.24) is 0 Å². The molecule has 8 aromatic rings. The van der Waals surface area contributed by atoms with Gasteiger partial charge in [0.25, 0.3) is 0 Å². The van der Waals surface area contributed by atoms with Crippen molar-refractivity contribution in [3.63, 3.8) is 0 Å². The Balaban J connectivity index is 0.000000161. The second kappa shape index (κ2) is 25.1. The Morgan fingerprint density at radius 3 is 0.810 bits per heavy atom. The van der Waals surface area contributed by atoms with Crippen molar-refractivity contribution in [3.05, 3.63) is 231 Å². The fourth-order valence-corrected chi connectivity index (χ4v) is 13.2. The minimum absolute atomic E-state index is 0.383. The van der Waals surface area contributed by atoms with Crippen molar-refractivity contribution in [2.45, 2.75) is 0 Å². The van der Waals surface area contributed by atoms with Gasteiger partial charge in [0, 0.05) is 0 Å². The van der Waals surface area contributed by atoms with Gasteiger partial charge < -0.3 is 10.2 Å². The van der Waals surface area contributed by atoms with Gasteiger partial charge in [0.1, 0.15) is 47.7 Å². The van der Waals surface area contributed by atoms with E-state index in [9.17, 15) is 10.2 Å². The summed E-state index contributed by atoms with van der Waals surface area (Å²) in [5.41, 5.74) is 0. The summed E-state index contributed by atoms with van der Waals surface area (Å²) >= 11 is 1.59. The van der Waals surface area contributed by atoms with Crippen LogP contribution in [0.15, 0.2) is 231 Å². The summed E-state index contributed by atoms with van der Waals surface area (Å²) in [5, 5.41) is 30.6. The van der Waals surface area contributed by atoms with Crippen molar-refractivity contribution in [2.75, 3.05) is 12.8 Å². The van der Waals surface area contributed by atoms with Gasteiger partial charge in [0.05, 0.1) is 25.2 Å². The summed E-state index contributed by atoms with van der Waals surface area (Å²) < 4.78 is 2.95. The molecule has 0 spiro atoms. The van der Waals surface area contributed by atoms with Crippen LogP contribution < -0.4 is 42.4 Å². The second-order valence-electron chi connectivity index (χ2n) is 12.9. The van der Waals surface area contributed by atoms with Crippen LogP contribution in [0.3, 0.4) is 0 Å². The molecule has 58 heavy (non-hydrogen) atoms. The third-order valence-corrected chi connectivity index (χ3v) is 18.9. The predicted octanol–water partition coefficient (Wildman–Crippen LogP) is 8.61. The van der Waals surface area contributed by atoms with E-state index in [1.807, 2.05) is 60.7 Å². The summed E-state index contributed by atoms with van der Waals surface area (Å²) in [6.07, 6.45) is 1.01. The van der Waals surface area contributed by atoms with Gasteiger partial charge in [-0.3, -0.25) is 0 Å². The first-order valence-electron chi connectivity index (χ1n) is 19.0. The van der Waals surface area contributed by atoms with Crippen LogP contribution in [-0.4, -0.2) is 23.0 Å².